The van der Waals surface area contributed by atoms with E-state index in [1.807, 2.05) is 24.3 Å². The third kappa shape index (κ3) is 1.29. The number of ketones is 1. The average Bonchev–Trinajstić information content (AvgIpc) is 2.69. The lowest BCUT2D eigenvalue weighted by Crippen LogP contribution is -2.34. The Morgan fingerprint density at radius 3 is 2.88 bits per heavy atom. The maximum atomic E-state index is 11.4. The van der Waals surface area contributed by atoms with Crippen molar-refractivity contribution in [1.82, 2.24) is 0 Å². The number of carbonyl (C=O) groups is 1. The first-order valence-electron chi connectivity index (χ1n) is 5.80. The monoisotopic (exact) mass is 214 g/mol. The van der Waals surface area contributed by atoms with Crippen molar-refractivity contribution in [3.63, 3.8) is 0 Å². The smallest absolute Gasteiger partial charge is 0.137 e. The van der Waals surface area contributed by atoms with Gasteiger partial charge in [-0.05, 0) is 18.6 Å². The van der Waals surface area contributed by atoms with Crippen LogP contribution in [0, 0.1) is 5.92 Å². The Balaban J connectivity index is 1.98. The summed E-state index contributed by atoms with van der Waals surface area (Å²) < 4.78 is 5.80. The molecule has 0 aliphatic heterocycles. The molecule has 2 heteroatoms. The maximum Gasteiger partial charge on any atom is 0.137 e. The highest BCUT2D eigenvalue weighted by Gasteiger charge is 2.40. The summed E-state index contributed by atoms with van der Waals surface area (Å²) in [5, 5.41) is 1.13. The van der Waals surface area contributed by atoms with Gasteiger partial charge in [0.2, 0.25) is 0 Å². The van der Waals surface area contributed by atoms with E-state index in [0.717, 1.165) is 23.2 Å². The van der Waals surface area contributed by atoms with Crippen molar-refractivity contribution >= 4 is 16.8 Å². The lowest BCUT2D eigenvalue weighted by Gasteiger charge is -2.32. The number of para-hydroxylation sites is 1. The summed E-state index contributed by atoms with van der Waals surface area (Å²) in [5.74, 6) is 1.85. The predicted octanol–water partition coefficient (Wildman–Crippen LogP) is 3.52. The zero-order valence-corrected chi connectivity index (χ0v) is 9.27. The van der Waals surface area contributed by atoms with Crippen LogP contribution < -0.4 is 0 Å². The maximum absolute atomic E-state index is 11.4. The van der Waals surface area contributed by atoms with E-state index >= 15 is 0 Å². The lowest BCUT2D eigenvalue weighted by molar-refractivity contribution is -0.131. The fourth-order valence-corrected chi connectivity index (χ4v) is 2.57. The minimum atomic E-state index is 0.181. The van der Waals surface area contributed by atoms with Crippen molar-refractivity contribution in [2.45, 2.75) is 25.7 Å². The summed E-state index contributed by atoms with van der Waals surface area (Å²) in [7, 11) is 0. The minimum absolute atomic E-state index is 0.181. The number of hydrogen-bond donors (Lipinski definition) is 0. The van der Waals surface area contributed by atoms with Crippen LogP contribution >= 0.6 is 0 Å². The van der Waals surface area contributed by atoms with Gasteiger partial charge >= 0.3 is 0 Å². The number of benzene rings is 1. The van der Waals surface area contributed by atoms with Crippen molar-refractivity contribution in [2.24, 2.45) is 5.92 Å². The first-order valence-corrected chi connectivity index (χ1v) is 5.80. The van der Waals surface area contributed by atoms with Gasteiger partial charge < -0.3 is 4.42 Å². The number of furan rings is 1. The van der Waals surface area contributed by atoms with Crippen LogP contribution in [0.15, 0.2) is 34.7 Å². The topological polar surface area (TPSA) is 30.2 Å². The van der Waals surface area contributed by atoms with Crippen LogP contribution in [0.3, 0.4) is 0 Å². The summed E-state index contributed by atoms with van der Waals surface area (Å²) in [5.41, 5.74) is 0.923. The van der Waals surface area contributed by atoms with Crippen LogP contribution in [0.2, 0.25) is 0 Å². The molecule has 1 saturated carbocycles. The van der Waals surface area contributed by atoms with Crippen LogP contribution in [0.4, 0.5) is 0 Å². The van der Waals surface area contributed by atoms with Crippen LogP contribution in [0.1, 0.15) is 31.4 Å². The average molecular weight is 214 g/mol. The molecule has 0 radical (unpaired) electrons. The van der Waals surface area contributed by atoms with Gasteiger partial charge in [-0.15, -0.1) is 0 Å². The zero-order valence-electron chi connectivity index (χ0n) is 9.27. The van der Waals surface area contributed by atoms with Gasteiger partial charge in [-0.25, -0.2) is 0 Å². The van der Waals surface area contributed by atoms with Crippen LogP contribution in [-0.4, -0.2) is 5.78 Å². The molecule has 1 fully saturated rings. The molecule has 2 nitrogen and oxygen atoms in total. The Labute approximate surface area is 94.3 Å². The summed E-state index contributed by atoms with van der Waals surface area (Å²) in [6, 6.07) is 10.1. The van der Waals surface area contributed by atoms with Gasteiger partial charge in [0.25, 0.3) is 0 Å². The van der Waals surface area contributed by atoms with E-state index in [-0.39, 0.29) is 5.92 Å². The van der Waals surface area contributed by atoms with E-state index < -0.39 is 0 Å². The number of carbonyl (C=O) groups excluding carboxylic acids is 1. The molecule has 1 aromatic carbocycles. The van der Waals surface area contributed by atoms with E-state index in [1.165, 1.54) is 0 Å². The Morgan fingerprint density at radius 2 is 2.19 bits per heavy atom. The third-order valence-electron chi connectivity index (χ3n) is 3.57. The molecule has 0 saturated heterocycles. The highest BCUT2D eigenvalue weighted by atomic mass is 16.3. The SMILES string of the molecule is CCC1C(=O)CC1c1cc2ccccc2o1. The molecule has 3 rings (SSSR count). The Morgan fingerprint density at radius 1 is 1.38 bits per heavy atom. The van der Waals surface area contributed by atoms with Crippen LogP contribution in [0.25, 0.3) is 11.0 Å². The van der Waals surface area contributed by atoms with Crippen LogP contribution in [-0.2, 0) is 4.79 Å². The van der Waals surface area contributed by atoms with E-state index in [9.17, 15) is 4.79 Å². The van der Waals surface area contributed by atoms with Crippen LogP contribution in [0.5, 0.6) is 0 Å². The summed E-state index contributed by atoms with van der Waals surface area (Å²) >= 11 is 0. The lowest BCUT2D eigenvalue weighted by atomic mass is 9.70. The fraction of sp³-hybridized carbons (Fsp3) is 0.357. The molecule has 2 aromatic rings. The molecule has 16 heavy (non-hydrogen) atoms. The summed E-state index contributed by atoms with van der Waals surface area (Å²) in [6.45, 7) is 2.07. The minimum Gasteiger partial charge on any atom is -0.461 e. The Hall–Kier alpha value is -1.57. The highest BCUT2D eigenvalue weighted by Crippen LogP contribution is 2.43. The quantitative estimate of drug-likeness (QED) is 0.765. The van der Waals surface area contributed by atoms with Gasteiger partial charge in [-0.3, -0.25) is 4.79 Å². The van der Waals surface area contributed by atoms with Crippen molar-refractivity contribution < 1.29 is 9.21 Å². The molecule has 1 heterocycles. The van der Waals surface area contributed by atoms with Gasteiger partial charge in [-0.2, -0.15) is 0 Å². The summed E-state index contributed by atoms with van der Waals surface area (Å²) in [4.78, 5) is 11.4. The molecule has 1 aliphatic carbocycles. The van der Waals surface area contributed by atoms with E-state index in [2.05, 4.69) is 13.0 Å². The van der Waals surface area contributed by atoms with E-state index in [4.69, 9.17) is 4.42 Å². The largest absolute Gasteiger partial charge is 0.461 e. The standard InChI is InChI=1S/C14H14O2/c1-2-10-11(8-12(10)15)14-7-9-5-3-4-6-13(9)16-14/h3-7,10-11H,2,8H2,1H3. The van der Waals surface area contributed by atoms with Crippen molar-refractivity contribution in [1.29, 1.82) is 0 Å². The number of Topliss-reactive ketones (excluding diaryl/α,β-unsaturated/α-hetero) is 1. The predicted molar refractivity (Wildman–Crippen MR) is 62.4 cm³/mol. The fourth-order valence-electron chi connectivity index (χ4n) is 2.57. The molecule has 1 aliphatic rings. The molecular weight excluding hydrogens is 200 g/mol. The summed E-state index contributed by atoms with van der Waals surface area (Å²) in [6.07, 6.45) is 1.57. The van der Waals surface area contributed by atoms with Gasteiger partial charge in [0.05, 0.1) is 0 Å². The first kappa shape index (κ1) is 9.64. The van der Waals surface area contributed by atoms with Crippen molar-refractivity contribution in [3.05, 3.63) is 36.1 Å². The van der Waals surface area contributed by atoms with Crippen molar-refractivity contribution in [3.8, 4) is 0 Å². The van der Waals surface area contributed by atoms with Gasteiger partial charge in [0.15, 0.2) is 0 Å². The number of fused-ring (bicyclic) bond motifs is 1. The second-order valence-electron chi connectivity index (χ2n) is 4.48. The first-order chi connectivity index (χ1) is 7.79. The third-order valence-corrected chi connectivity index (χ3v) is 3.57. The molecule has 0 N–H and O–H groups in total. The van der Waals surface area contributed by atoms with E-state index in [1.54, 1.807) is 0 Å². The van der Waals surface area contributed by atoms with Gasteiger partial charge in [-0.1, -0.05) is 25.1 Å². The zero-order chi connectivity index (χ0) is 11.1. The second-order valence-corrected chi connectivity index (χ2v) is 4.48. The van der Waals surface area contributed by atoms with Gasteiger partial charge in [0, 0.05) is 23.6 Å². The molecule has 0 bridgehead atoms. The molecule has 2 unspecified atom stereocenters. The normalized spacial score (nSPS) is 24.7. The number of hydrogen-bond acceptors (Lipinski definition) is 2. The highest BCUT2D eigenvalue weighted by molar-refractivity contribution is 5.89. The molecule has 0 spiro atoms. The Kier molecular flexibility index (Phi) is 2.10. The molecule has 2 atom stereocenters. The van der Waals surface area contributed by atoms with Crippen molar-refractivity contribution in [2.75, 3.05) is 0 Å². The second kappa shape index (κ2) is 3.48. The molecular formula is C14H14O2. The number of rotatable bonds is 2. The van der Waals surface area contributed by atoms with Gasteiger partial charge in [0.1, 0.15) is 17.1 Å². The Bertz CT molecular complexity index is 505. The van der Waals surface area contributed by atoms with E-state index in [0.29, 0.717) is 18.1 Å². The molecule has 0 amide bonds. The molecule has 82 valence electrons. The molecule has 1 aromatic heterocycles.